The molecule has 1 aliphatic carbocycles. The zero-order chi connectivity index (χ0) is 13.2. The van der Waals surface area contributed by atoms with E-state index in [4.69, 9.17) is 15.2 Å². The van der Waals surface area contributed by atoms with Crippen LogP contribution in [0.25, 0.3) is 0 Å². The Hall–Kier alpha value is -1.55. The number of esters is 1. The summed E-state index contributed by atoms with van der Waals surface area (Å²) in [5, 5.41) is 0. The van der Waals surface area contributed by atoms with Crippen molar-refractivity contribution >= 4 is 5.97 Å². The van der Waals surface area contributed by atoms with Crippen molar-refractivity contribution in [3.8, 4) is 5.75 Å². The Morgan fingerprint density at radius 1 is 1.50 bits per heavy atom. The molecule has 1 atom stereocenters. The molecule has 0 saturated carbocycles. The van der Waals surface area contributed by atoms with Crippen LogP contribution >= 0.6 is 0 Å². The molecule has 18 heavy (non-hydrogen) atoms. The Morgan fingerprint density at radius 3 is 2.94 bits per heavy atom. The number of fused-ring (bicyclic) bond motifs is 1. The van der Waals surface area contributed by atoms with Crippen LogP contribution in [-0.2, 0) is 21.5 Å². The third kappa shape index (κ3) is 2.20. The third-order valence-corrected chi connectivity index (χ3v) is 3.48. The number of hydrogen-bond donors (Lipinski definition) is 1. The van der Waals surface area contributed by atoms with Crippen molar-refractivity contribution in [1.82, 2.24) is 0 Å². The normalized spacial score (nSPS) is 21.5. The molecule has 0 bridgehead atoms. The van der Waals surface area contributed by atoms with Gasteiger partial charge >= 0.3 is 5.97 Å². The van der Waals surface area contributed by atoms with Gasteiger partial charge in [0.2, 0.25) is 0 Å². The van der Waals surface area contributed by atoms with Gasteiger partial charge in [-0.05, 0) is 37.0 Å². The minimum atomic E-state index is -0.615. The van der Waals surface area contributed by atoms with Gasteiger partial charge in [0.1, 0.15) is 5.75 Å². The molecule has 1 aliphatic rings. The first kappa shape index (κ1) is 12.9. The van der Waals surface area contributed by atoms with Crippen molar-refractivity contribution in [1.29, 1.82) is 0 Å². The fourth-order valence-corrected chi connectivity index (χ4v) is 2.62. The molecule has 0 radical (unpaired) electrons. The lowest BCUT2D eigenvalue weighted by Gasteiger charge is -2.24. The van der Waals surface area contributed by atoms with E-state index in [1.165, 1.54) is 0 Å². The molecule has 0 heterocycles. The molecule has 0 amide bonds. The van der Waals surface area contributed by atoms with Crippen LogP contribution in [-0.4, -0.2) is 19.7 Å². The molecule has 2 N–H and O–H groups in total. The molecule has 0 fully saturated rings. The van der Waals surface area contributed by atoms with Crippen molar-refractivity contribution in [2.24, 2.45) is 5.73 Å². The average Bonchev–Trinajstić information content (AvgIpc) is 2.67. The average molecular weight is 249 g/mol. The standard InChI is InChI=1S/C14H19NO3/c1-3-18-13(16)9-14(15)8-7-10-11(14)5-4-6-12(10)17-2/h4-6H,3,7-9,15H2,1-2H3. The highest BCUT2D eigenvalue weighted by molar-refractivity contribution is 5.72. The number of carbonyl (C=O) groups excluding carboxylic acids is 1. The fraction of sp³-hybridized carbons (Fsp3) is 0.500. The molecule has 1 aromatic rings. The van der Waals surface area contributed by atoms with E-state index < -0.39 is 5.54 Å². The first-order chi connectivity index (χ1) is 8.60. The molecule has 0 aromatic heterocycles. The number of methoxy groups -OCH3 is 1. The van der Waals surface area contributed by atoms with E-state index in [9.17, 15) is 4.79 Å². The molecule has 98 valence electrons. The minimum Gasteiger partial charge on any atom is -0.496 e. The number of ether oxygens (including phenoxy) is 2. The van der Waals surface area contributed by atoms with Crippen LogP contribution < -0.4 is 10.5 Å². The summed E-state index contributed by atoms with van der Waals surface area (Å²) in [6.45, 7) is 2.19. The van der Waals surface area contributed by atoms with Crippen LogP contribution in [0.15, 0.2) is 18.2 Å². The number of benzene rings is 1. The van der Waals surface area contributed by atoms with Crippen LogP contribution in [0.2, 0.25) is 0 Å². The number of rotatable bonds is 4. The quantitative estimate of drug-likeness (QED) is 0.826. The smallest absolute Gasteiger partial charge is 0.307 e. The van der Waals surface area contributed by atoms with Crippen molar-refractivity contribution in [2.45, 2.75) is 31.7 Å². The maximum Gasteiger partial charge on any atom is 0.307 e. The Balaban J connectivity index is 2.27. The second-order valence-electron chi connectivity index (χ2n) is 4.62. The molecule has 2 rings (SSSR count). The molecule has 1 unspecified atom stereocenters. The molecule has 4 nitrogen and oxygen atoms in total. The van der Waals surface area contributed by atoms with E-state index >= 15 is 0 Å². The largest absolute Gasteiger partial charge is 0.496 e. The van der Waals surface area contributed by atoms with Crippen LogP contribution in [0.3, 0.4) is 0 Å². The van der Waals surface area contributed by atoms with Crippen LogP contribution in [0, 0.1) is 0 Å². The second kappa shape index (κ2) is 4.98. The van der Waals surface area contributed by atoms with Gasteiger partial charge < -0.3 is 15.2 Å². The summed E-state index contributed by atoms with van der Waals surface area (Å²) < 4.78 is 10.3. The van der Waals surface area contributed by atoms with E-state index in [-0.39, 0.29) is 12.4 Å². The minimum absolute atomic E-state index is 0.223. The molecular formula is C14H19NO3. The second-order valence-corrected chi connectivity index (χ2v) is 4.62. The van der Waals surface area contributed by atoms with Crippen LogP contribution in [0.1, 0.15) is 30.9 Å². The van der Waals surface area contributed by atoms with Gasteiger partial charge in [0, 0.05) is 0 Å². The SMILES string of the molecule is CCOC(=O)CC1(N)CCc2c(OC)cccc21. The molecule has 0 saturated heterocycles. The van der Waals surface area contributed by atoms with Crippen LogP contribution in [0.4, 0.5) is 0 Å². The lowest BCUT2D eigenvalue weighted by molar-refractivity contribution is -0.144. The van der Waals surface area contributed by atoms with Crippen molar-refractivity contribution < 1.29 is 14.3 Å². The first-order valence-electron chi connectivity index (χ1n) is 6.21. The number of nitrogens with two attached hydrogens (primary N) is 1. The number of carbonyl (C=O) groups is 1. The summed E-state index contributed by atoms with van der Waals surface area (Å²) >= 11 is 0. The van der Waals surface area contributed by atoms with E-state index in [1.807, 2.05) is 18.2 Å². The van der Waals surface area contributed by atoms with E-state index in [1.54, 1.807) is 14.0 Å². The Labute approximate surface area is 107 Å². The van der Waals surface area contributed by atoms with Crippen LogP contribution in [0.5, 0.6) is 5.75 Å². The predicted octanol–water partition coefficient (Wildman–Crippen LogP) is 1.75. The van der Waals surface area contributed by atoms with Gasteiger partial charge in [-0.25, -0.2) is 0 Å². The van der Waals surface area contributed by atoms with Crippen molar-refractivity contribution in [3.63, 3.8) is 0 Å². The maximum absolute atomic E-state index is 11.6. The predicted molar refractivity (Wildman–Crippen MR) is 68.4 cm³/mol. The Bertz CT molecular complexity index is 458. The highest BCUT2D eigenvalue weighted by Crippen LogP contribution is 2.41. The summed E-state index contributed by atoms with van der Waals surface area (Å²) in [6, 6.07) is 5.81. The molecule has 4 heteroatoms. The summed E-state index contributed by atoms with van der Waals surface area (Å²) in [5.41, 5.74) is 7.88. The lowest BCUT2D eigenvalue weighted by Crippen LogP contribution is -2.37. The maximum atomic E-state index is 11.6. The summed E-state index contributed by atoms with van der Waals surface area (Å²) in [6.07, 6.45) is 1.82. The zero-order valence-electron chi connectivity index (χ0n) is 10.9. The Morgan fingerprint density at radius 2 is 2.28 bits per heavy atom. The summed E-state index contributed by atoms with van der Waals surface area (Å²) in [4.78, 5) is 11.6. The molecular weight excluding hydrogens is 230 g/mol. The summed E-state index contributed by atoms with van der Waals surface area (Å²) in [7, 11) is 1.65. The van der Waals surface area contributed by atoms with E-state index in [0.717, 1.165) is 29.7 Å². The molecule has 0 aliphatic heterocycles. The number of hydrogen-bond acceptors (Lipinski definition) is 4. The van der Waals surface area contributed by atoms with Gasteiger partial charge in [-0.3, -0.25) is 4.79 Å². The van der Waals surface area contributed by atoms with Gasteiger partial charge in [0.05, 0.1) is 25.7 Å². The molecule has 1 aromatic carbocycles. The third-order valence-electron chi connectivity index (χ3n) is 3.48. The van der Waals surface area contributed by atoms with Crippen molar-refractivity contribution in [2.75, 3.05) is 13.7 Å². The highest BCUT2D eigenvalue weighted by Gasteiger charge is 2.38. The van der Waals surface area contributed by atoms with Crippen molar-refractivity contribution in [3.05, 3.63) is 29.3 Å². The first-order valence-corrected chi connectivity index (χ1v) is 6.21. The summed E-state index contributed by atoms with van der Waals surface area (Å²) in [5.74, 6) is 0.611. The van der Waals surface area contributed by atoms with Gasteiger partial charge in [-0.2, -0.15) is 0 Å². The Kier molecular flexibility index (Phi) is 3.57. The van der Waals surface area contributed by atoms with Gasteiger partial charge in [0.25, 0.3) is 0 Å². The fourth-order valence-electron chi connectivity index (χ4n) is 2.62. The monoisotopic (exact) mass is 249 g/mol. The highest BCUT2D eigenvalue weighted by atomic mass is 16.5. The molecule has 0 spiro atoms. The lowest BCUT2D eigenvalue weighted by atomic mass is 9.89. The van der Waals surface area contributed by atoms with Gasteiger partial charge in [0.15, 0.2) is 0 Å². The van der Waals surface area contributed by atoms with E-state index in [2.05, 4.69) is 0 Å². The topological polar surface area (TPSA) is 61.5 Å². The van der Waals surface area contributed by atoms with E-state index in [0.29, 0.717) is 6.61 Å². The van der Waals surface area contributed by atoms with Gasteiger partial charge in [-0.1, -0.05) is 12.1 Å². The zero-order valence-corrected chi connectivity index (χ0v) is 10.9. The van der Waals surface area contributed by atoms with Gasteiger partial charge in [-0.15, -0.1) is 0 Å².